The van der Waals surface area contributed by atoms with Crippen LogP contribution in [0.4, 0.5) is 0 Å². The molecule has 5 heteroatoms. The van der Waals surface area contributed by atoms with Gasteiger partial charge in [-0.25, -0.2) is 0 Å². The molecule has 0 fully saturated rings. The van der Waals surface area contributed by atoms with Gasteiger partial charge in [0.15, 0.2) is 0 Å². The fourth-order valence-corrected chi connectivity index (χ4v) is 2.45. The minimum atomic E-state index is -0.149. The number of likely N-dealkylation sites (N-methyl/N-ethyl adjacent to an activating group) is 2. The molecule has 5 nitrogen and oxygen atoms in total. The Kier molecular flexibility index (Phi) is 5.57. The lowest BCUT2D eigenvalue weighted by Gasteiger charge is -2.23. The largest absolute Gasteiger partial charge is 0.342 e. The molecule has 0 atom stereocenters. The van der Waals surface area contributed by atoms with Crippen molar-refractivity contribution in [3.63, 3.8) is 0 Å². The van der Waals surface area contributed by atoms with Crippen LogP contribution in [-0.2, 0) is 4.79 Å². The smallest absolute Gasteiger partial charge is 0.254 e. The molecule has 0 aliphatic heterocycles. The maximum absolute atomic E-state index is 12.4. The van der Waals surface area contributed by atoms with E-state index in [4.69, 9.17) is 0 Å². The van der Waals surface area contributed by atoms with Crippen LogP contribution < -0.4 is 0 Å². The van der Waals surface area contributed by atoms with Crippen molar-refractivity contribution < 1.29 is 9.59 Å². The van der Waals surface area contributed by atoms with E-state index in [2.05, 4.69) is 0 Å². The molecular formula is C18H23N3O2. The lowest BCUT2D eigenvalue weighted by Crippen LogP contribution is -2.41. The standard InChI is InChI=1S/C18H23N3O2/c1-4-20(5-2)17(22)14-19(3)18(23)15-8-10-16(11-9-15)21-12-6-7-13-21/h6-13H,4-5,14H2,1-3H3. The number of benzene rings is 1. The van der Waals surface area contributed by atoms with Crippen molar-refractivity contribution in [3.8, 4) is 5.69 Å². The number of aromatic nitrogens is 1. The van der Waals surface area contributed by atoms with Crippen molar-refractivity contribution in [1.29, 1.82) is 0 Å². The van der Waals surface area contributed by atoms with E-state index in [1.165, 1.54) is 4.90 Å². The second-order valence-electron chi connectivity index (χ2n) is 5.36. The minimum Gasteiger partial charge on any atom is -0.342 e. The first kappa shape index (κ1) is 16.8. The second kappa shape index (κ2) is 7.63. The summed E-state index contributed by atoms with van der Waals surface area (Å²) in [5.74, 6) is -0.181. The first-order valence-electron chi connectivity index (χ1n) is 7.83. The van der Waals surface area contributed by atoms with Gasteiger partial charge in [-0.3, -0.25) is 9.59 Å². The number of rotatable bonds is 6. The summed E-state index contributed by atoms with van der Waals surface area (Å²) in [6, 6.07) is 11.3. The van der Waals surface area contributed by atoms with Crippen LogP contribution in [0.25, 0.3) is 5.69 Å². The average molecular weight is 313 g/mol. The molecule has 122 valence electrons. The summed E-state index contributed by atoms with van der Waals surface area (Å²) >= 11 is 0. The predicted octanol–water partition coefficient (Wildman–Crippen LogP) is 2.42. The van der Waals surface area contributed by atoms with Gasteiger partial charge in [0.05, 0.1) is 6.54 Å². The molecule has 0 spiro atoms. The maximum atomic E-state index is 12.4. The van der Waals surface area contributed by atoms with Crippen molar-refractivity contribution in [2.24, 2.45) is 0 Å². The topological polar surface area (TPSA) is 45.6 Å². The van der Waals surface area contributed by atoms with E-state index in [1.807, 2.05) is 55.1 Å². The SMILES string of the molecule is CCN(CC)C(=O)CN(C)C(=O)c1ccc(-n2cccc2)cc1. The Hall–Kier alpha value is -2.56. The molecule has 0 saturated carbocycles. The van der Waals surface area contributed by atoms with E-state index < -0.39 is 0 Å². The fraction of sp³-hybridized carbons (Fsp3) is 0.333. The summed E-state index contributed by atoms with van der Waals surface area (Å²) in [7, 11) is 1.66. The van der Waals surface area contributed by atoms with Gasteiger partial charge in [-0.2, -0.15) is 0 Å². The summed E-state index contributed by atoms with van der Waals surface area (Å²) < 4.78 is 1.97. The summed E-state index contributed by atoms with van der Waals surface area (Å²) in [4.78, 5) is 27.7. The van der Waals surface area contributed by atoms with Crippen LogP contribution in [0, 0.1) is 0 Å². The number of carbonyl (C=O) groups excluding carboxylic acids is 2. The summed E-state index contributed by atoms with van der Waals surface area (Å²) in [5, 5.41) is 0. The quantitative estimate of drug-likeness (QED) is 0.822. The van der Waals surface area contributed by atoms with Crippen molar-refractivity contribution in [2.75, 3.05) is 26.7 Å². The molecule has 0 bridgehead atoms. The highest BCUT2D eigenvalue weighted by Crippen LogP contribution is 2.11. The molecule has 23 heavy (non-hydrogen) atoms. The molecule has 0 aliphatic carbocycles. The molecule has 0 saturated heterocycles. The first-order chi connectivity index (χ1) is 11.1. The highest BCUT2D eigenvalue weighted by Gasteiger charge is 2.17. The third kappa shape index (κ3) is 4.00. The Morgan fingerprint density at radius 1 is 1.00 bits per heavy atom. The summed E-state index contributed by atoms with van der Waals surface area (Å²) in [5.41, 5.74) is 1.57. The fourth-order valence-electron chi connectivity index (χ4n) is 2.45. The van der Waals surface area contributed by atoms with Gasteiger partial charge in [0.2, 0.25) is 5.91 Å². The van der Waals surface area contributed by atoms with Gasteiger partial charge in [0.1, 0.15) is 0 Å². The normalized spacial score (nSPS) is 10.4. The molecular weight excluding hydrogens is 290 g/mol. The number of hydrogen-bond donors (Lipinski definition) is 0. The van der Waals surface area contributed by atoms with Gasteiger partial charge < -0.3 is 14.4 Å². The minimum absolute atomic E-state index is 0.0326. The van der Waals surface area contributed by atoms with E-state index >= 15 is 0 Å². The Balaban J connectivity index is 2.03. The van der Waals surface area contributed by atoms with Gasteiger partial charge in [0.25, 0.3) is 5.91 Å². The van der Waals surface area contributed by atoms with Crippen LogP contribution in [0.3, 0.4) is 0 Å². The Labute approximate surface area is 137 Å². The number of amides is 2. The van der Waals surface area contributed by atoms with E-state index in [-0.39, 0.29) is 18.4 Å². The van der Waals surface area contributed by atoms with Crippen LogP contribution in [0.1, 0.15) is 24.2 Å². The summed E-state index contributed by atoms with van der Waals surface area (Å²) in [6.45, 7) is 5.28. The first-order valence-corrected chi connectivity index (χ1v) is 7.83. The second-order valence-corrected chi connectivity index (χ2v) is 5.36. The zero-order valence-corrected chi connectivity index (χ0v) is 13.9. The monoisotopic (exact) mass is 313 g/mol. The number of nitrogens with zero attached hydrogens (tertiary/aromatic N) is 3. The average Bonchev–Trinajstić information content (AvgIpc) is 3.10. The summed E-state index contributed by atoms with van der Waals surface area (Å²) in [6.07, 6.45) is 3.90. The third-order valence-electron chi connectivity index (χ3n) is 3.85. The van der Waals surface area contributed by atoms with Gasteiger partial charge in [-0.05, 0) is 50.2 Å². The highest BCUT2D eigenvalue weighted by atomic mass is 16.2. The van der Waals surface area contributed by atoms with Crippen LogP contribution >= 0.6 is 0 Å². The molecule has 1 aromatic carbocycles. The maximum Gasteiger partial charge on any atom is 0.254 e. The zero-order chi connectivity index (χ0) is 16.8. The number of carbonyl (C=O) groups is 2. The van der Waals surface area contributed by atoms with Crippen molar-refractivity contribution in [1.82, 2.24) is 14.4 Å². The molecule has 2 aromatic rings. The molecule has 0 N–H and O–H groups in total. The number of hydrogen-bond acceptors (Lipinski definition) is 2. The molecule has 0 radical (unpaired) electrons. The van der Waals surface area contributed by atoms with Gasteiger partial charge in [0, 0.05) is 43.8 Å². The molecule has 2 amide bonds. The Morgan fingerprint density at radius 3 is 2.09 bits per heavy atom. The van der Waals surface area contributed by atoms with Crippen LogP contribution in [0.5, 0.6) is 0 Å². The Bertz CT molecular complexity index is 643. The molecule has 0 aliphatic rings. The van der Waals surface area contributed by atoms with Crippen molar-refractivity contribution in [3.05, 3.63) is 54.4 Å². The Morgan fingerprint density at radius 2 is 1.57 bits per heavy atom. The lowest BCUT2D eigenvalue weighted by atomic mass is 10.2. The van der Waals surface area contributed by atoms with E-state index in [9.17, 15) is 9.59 Å². The zero-order valence-electron chi connectivity index (χ0n) is 13.9. The third-order valence-corrected chi connectivity index (χ3v) is 3.85. The van der Waals surface area contributed by atoms with Crippen molar-refractivity contribution in [2.45, 2.75) is 13.8 Å². The van der Waals surface area contributed by atoms with E-state index in [1.54, 1.807) is 24.1 Å². The van der Waals surface area contributed by atoms with E-state index in [0.717, 1.165) is 5.69 Å². The van der Waals surface area contributed by atoms with Crippen LogP contribution in [0.2, 0.25) is 0 Å². The predicted molar refractivity (Wildman–Crippen MR) is 90.7 cm³/mol. The van der Waals surface area contributed by atoms with Gasteiger partial charge in [-0.1, -0.05) is 0 Å². The van der Waals surface area contributed by atoms with E-state index in [0.29, 0.717) is 18.7 Å². The lowest BCUT2D eigenvalue weighted by molar-refractivity contribution is -0.131. The van der Waals surface area contributed by atoms with Crippen LogP contribution in [-0.4, -0.2) is 52.9 Å². The van der Waals surface area contributed by atoms with Crippen molar-refractivity contribution >= 4 is 11.8 Å². The molecule has 1 heterocycles. The van der Waals surface area contributed by atoms with Gasteiger partial charge >= 0.3 is 0 Å². The molecule has 1 aromatic heterocycles. The molecule has 2 rings (SSSR count). The van der Waals surface area contributed by atoms with Gasteiger partial charge in [-0.15, -0.1) is 0 Å². The molecule has 0 unspecified atom stereocenters. The highest BCUT2D eigenvalue weighted by molar-refractivity contribution is 5.96. The van der Waals surface area contributed by atoms with Crippen LogP contribution in [0.15, 0.2) is 48.8 Å².